The summed E-state index contributed by atoms with van der Waals surface area (Å²) in [6.07, 6.45) is 7.02. The van der Waals surface area contributed by atoms with Crippen LogP contribution in [0.1, 0.15) is 48.9 Å². The molecule has 3 rings (SSSR count). The van der Waals surface area contributed by atoms with Crippen molar-refractivity contribution in [3.05, 3.63) is 28.8 Å². The average Bonchev–Trinajstić information content (AvgIpc) is 3.09. The van der Waals surface area contributed by atoms with E-state index in [2.05, 4.69) is 5.32 Å². The molecule has 6 heteroatoms. The zero-order valence-electron chi connectivity index (χ0n) is 14.8. The van der Waals surface area contributed by atoms with Gasteiger partial charge < -0.3 is 15.0 Å². The number of carbonyl (C=O) groups is 1. The van der Waals surface area contributed by atoms with Crippen molar-refractivity contribution in [1.29, 1.82) is 0 Å². The summed E-state index contributed by atoms with van der Waals surface area (Å²) < 4.78 is 6.13. The van der Waals surface area contributed by atoms with Crippen molar-refractivity contribution in [3.8, 4) is 5.75 Å². The first-order valence-electron chi connectivity index (χ1n) is 9.07. The Morgan fingerprint density at radius 3 is 2.76 bits per heavy atom. The molecule has 140 valence electrons. The maximum atomic E-state index is 13.1. The number of nitrogens with one attached hydrogen (secondary N) is 1. The number of piperidine rings is 1. The molecule has 1 amide bonds. The summed E-state index contributed by atoms with van der Waals surface area (Å²) in [6, 6.07) is 5.42. The molecule has 0 spiro atoms. The molecule has 1 unspecified atom stereocenters. The number of amides is 1. The van der Waals surface area contributed by atoms with Crippen LogP contribution in [0.15, 0.2) is 18.2 Å². The predicted molar refractivity (Wildman–Crippen MR) is 104 cm³/mol. The molecule has 0 radical (unpaired) electrons. The average molecular weight is 387 g/mol. The van der Waals surface area contributed by atoms with Gasteiger partial charge in [-0.3, -0.25) is 4.79 Å². The number of nitrogens with zero attached hydrogens (tertiary/aromatic N) is 1. The lowest BCUT2D eigenvalue weighted by molar-refractivity contribution is 0.0667. The van der Waals surface area contributed by atoms with Crippen LogP contribution in [0.2, 0.25) is 5.02 Å². The zero-order valence-corrected chi connectivity index (χ0v) is 16.4. The van der Waals surface area contributed by atoms with Gasteiger partial charge in [-0.05, 0) is 76.2 Å². The first kappa shape index (κ1) is 20.3. The SMILES string of the molecule is CNCC1CCCN(C(=O)c2cc(Cl)ccc2OC2CCCC2)C1.Cl. The highest BCUT2D eigenvalue weighted by molar-refractivity contribution is 6.31. The second kappa shape index (κ2) is 9.65. The number of benzene rings is 1. The number of carbonyl (C=O) groups excluding carboxylic acids is 1. The summed E-state index contributed by atoms with van der Waals surface area (Å²) >= 11 is 6.16. The number of hydrogen-bond donors (Lipinski definition) is 1. The van der Waals surface area contributed by atoms with E-state index in [0.717, 1.165) is 38.9 Å². The van der Waals surface area contributed by atoms with E-state index in [1.807, 2.05) is 24.1 Å². The van der Waals surface area contributed by atoms with E-state index in [4.69, 9.17) is 16.3 Å². The maximum Gasteiger partial charge on any atom is 0.257 e. The summed E-state index contributed by atoms with van der Waals surface area (Å²) in [6.45, 7) is 2.56. The molecule has 1 N–H and O–H groups in total. The summed E-state index contributed by atoms with van der Waals surface area (Å²) in [4.78, 5) is 15.0. The number of rotatable bonds is 5. The molecule has 1 saturated carbocycles. The van der Waals surface area contributed by atoms with E-state index in [-0.39, 0.29) is 24.4 Å². The third-order valence-corrected chi connectivity index (χ3v) is 5.30. The molecule has 2 aliphatic rings. The van der Waals surface area contributed by atoms with Crippen LogP contribution in [0, 0.1) is 5.92 Å². The Balaban J connectivity index is 0.00000225. The van der Waals surface area contributed by atoms with Crippen molar-refractivity contribution in [2.45, 2.75) is 44.6 Å². The Labute approximate surface area is 161 Å². The Kier molecular flexibility index (Phi) is 7.85. The van der Waals surface area contributed by atoms with Crippen LogP contribution in [-0.2, 0) is 0 Å². The first-order valence-corrected chi connectivity index (χ1v) is 9.45. The van der Waals surface area contributed by atoms with Crippen molar-refractivity contribution < 1.29 is 9.53 Å². The van der Waals surface area contributed by atoms with Gasteiger partial charge in [0.2, 0.25) is 0 Å². The topological polar surface area (TPSA) is 41.6 Å². The van der Waals surface area contributed by atoms with Gasteiger partial charge in [-0.1, -0.05) is 11.6 Å². The quantitative estimate of drug-likeness (QED) is 0.825. The van der Waals surface area contributed by atoms with Gasteiger partial charge in [-0.25, -0.2) is 0 Å². The lowest BCUT2D eigenvalue weighted by atomic mass is 9.97. The molecular formula is C19H28Cl2N2O2. The largest absolute Gasteiger partial charge is 0.490 e. The summed E-state index contributed by atoms with van der Waals surface area (Å²) in [5, 5.41) is 3.81. The van der Waals surface area contributed by atoms with E-state index in [1.54, 1.807) is 6.07 Å². The molecule has 25 heavy (non-hydrogen) atoms. The van der Waals surface area contributed by atoms with E-state index < -0.39 is 0 Å². The second-order valence-corrected chi connectivity index (χ2v) is 7.42. The summed E-state index contributed by atoms with van der Waals surface area (Å²) in [5.74, 6) is 1.25. The molecule has 1 aliphatic heterocycles. The third kappa shape index (κ3) is 5.25. The van der Waals surface area contributed by atoms with Crippen LogP contribution in [-0.4, -0.2) is 43.6 Å². The molecule has 1 aromatic rings. The van der Waals surface area contributed by atoms with Gasteiger partial charge >= 0.3 is 0 Å². The van der Waals surface area contributed by atoms with Crippen molar-refractivity contribution in [1.82, 2.24) is 10.2 Å². The highest BCUT2D eigenvalue weighted by Gasteiger charge is 2.27. The van der Waals surface area contributed by atoms with Gasteiger partial charge in [0.1, 0.15) is 5.75 Å². The fourth-order valence-electron chi connectivity index (χ4n) is 3.83. The van der Waals surface area contributed by atoms with Crippen molar-refractivity contribution in [2.24, 2.45) is 5.92 Å². The van der Waals surface area contributed by atoms with Crippen LogP contribution >= 0.6 is 24.0 Å². The molecule has 4 nitrogen and oxygen atoms in total. The fraction of sp³-hybridized carbons (Fsp3) is 0.632. The lowest BCUT2D eigenvalue weighted by Crippen LogP contribution is -2.42. The summed E-state index contributed by atoms with van der Waals surface area (Å²) in [5.41, 5.74) is 0.611. The zero-order chi connectivity index (χ0) is 16.9. The highest BCUT2D eigenvalue weighted by Crippen LogP contribution is 2.30. The second-order valence-electron chi connectivity index (χ2n) is 6.98. The minimum Gasteiger partial charge on any atom is -0.490 e. The van der Waals surface area contributed by atoms with Gasteiger partial charge in [0.05, 0.1) is 11.7 Å². The van der Waals surface area contributed by atoms with Crippen molar-refractivity contribution in [3.63, 3.8) is 0 Å². The van der Waals surface area contributed by atoms with Crippen molar-refractivity contribution >= 4 is 29.9 Å². The smallest absolute Gasteiger partial charge is 0.257 e. The number of likely N-dealkylation sites (tertiary alicyclic amines) is 1. The standard InChI is InChI=1S/C19H27ClN2O2.ClH/c1-21-12-14-5-4-10-22(13-14)19(23)17-11-15(20)8-9-18(17)24-16-6-2-3-7-16;/h8-9,11,14,16,21H,2-7,10,12-13H2,1H3;1H. The molecule has 2 fully saturated rings. The maximum absolute atomic E-state index is 13.1. The van der Waals surface area contributed by atoms with E-state index in [0.29, 0.717) is 22.3 Å². The normalized spacial score (nSPS) is 21.0. The number of hydrogen-bond acceptors (Lipinski definition) is 3. The van der Waals surface area contributed by atoms with Crippen LogP contribution < -0.4 is 10.1 Å². The van der Waals surface area contributed by atoms with Gasteiger partial charge in [0.25, 0.3) is 5.91 Å². The first-order chi connectivity index (χ1) is 11.7. The van der Waals surface area contributed by atoms with Gasteiger partial charge in [-0.15, -0.1) is 12.4 Å². The Hall–Kier alpha value is -0.970. The lowest BCUT2D eigenvalue weighted by Gasteiger charge is -2.33. The predicted octanol–water partition coefficient (Wildman–Crippen LogP) is 4.15. The Morgan fingerprint density at radius 2 is 2.04 bits per heavy atom. The van der Waals surface area contributed by atoms with Crippen LogP contribution in [0.3, 0.4) is 0 Å². The molecule has 0 bridgehead atoms. The molecule has 1 aromatic carbocycles. The van der Waals surface area contributed by atoms with Gasteiger partial charge in [0, 0.05) is 18.1 Å². The highest BCUT2D eigenvalue weighted by atomic mass is 35.5. The molecule has 1 heterocycles. The fourth-order valence-corrected chi connectivity index (χ4v) is 4.01. The molecule has 0 aromatic heterocycles. The van der Waals surface area contributed by atoms with E-state index in [1.165, 1.54) is 19.3 Å². The van der Waals surface area contributed by atoms with E-state index in [9.17, 15) is 4.79 Å². The summed E-state index contributed by atoms with van der Waals surface area (Å²) in [7, 11) is 1.96. The molecular weight excluding hydrogens is 359 g/mol. The Morgan fingerprint density at radius 1 is 1.28 bits per heavy atom. The number of ether oxygens (including phenoxy) is 1. The van der Waals surface area contributed by atoms with Gasteiger partial charge in [0.15, 0.2) is 0 Å². The molecule has 1 aliphatic carbocycles. The van der Waals surface area contributed by atoms with Crippen LogP contribution in [0.25, 0.3) is 0 Å². The monoisotopic (exact) mass is 386 g/mol. The minimum absolute atomic E-state index is 0. The van der Waals surface area contributed by atoms with Crippen molar-refractivity contribution in [2.75, 3.05) is 26.7 Å². The van der Waals surface area contributed by atoms with Crippen LogP contribution in [0.5, 0.6) is 5.75 Å². The van der Waals surface area contributed by atoms with Crippen LogP contribution in [0.4, 0.5) is 0 Å². The number of halogens is 2. The molecule has 1 atom stereocenters. The molecule has 1 saturated heterocycles. The van der Waals surface area contributed by atoms with E-state index >= 15 is 0 Å². The van der Waals surface area contributed by atoms with Gasteiger partial charge in [-0.2, -0.15) is 0 Å². The minimum atomic E-state index is 0. The third-order valence-electron chi connectivity index (χ3n) is 5.07. The Bertz CT molecular complexity index is 575.